The van der Waals surface area contributed by atoms with Crippen molar-refractivity contribution in [3.05, 3.63) is 0 Å². The summed E-state index contributed by atoms with van der Waals surface area (Å²) in [6, 6.07) is 0. The number of carbonyl (C=O) groups is 1. The largest absolute Gasteiger partial charge is 0.481 e. The van der Waals surface area contributed by atoms with Gasteiger partial charge in [0, 0.05) is 0 Å². The van der Waals surface area contributed by atoms with Crippen molar-refractivity contribution in [2.45, 2.75) is 44.7 Å². The van der Waals surface area contributed by atoms with Gasteiger partial charge in [-0.2, -0.15) is 0 Å². The van der Waals surface area contributed by atoms with Gasteiger partial charge in [0.25, 0.3) is 0 Å². The first-order chi connectivity index (χ1) is 5.98. The molecule has 13 heavy (non-hydrogen) atoms. The SMILES string of the molecule is CC1(C)O[C@H]2C[C@@H](C(=O)O)C[C@H]2O1. The molecule has 4 nitrogen and oxygen atoms in total. The summed E-state index contributed by atoms with van der Waals surface area (Å²) in [4.78, 5) is 10.7. The molecule has 2 aliphatic rings. The third kappa shape index (κ3) is 1.56. The standard InChI is InChI=1S/C9H14O4/c1-9(2)12-6-3-5(8(10)11)4-7(6)13-9/h5-7H,3-4H2,1-2H3,(H,10,11)/t5-,6+,7-. The zero-order valence-electron chi connectivity index (χ0n) is 7.82. The maximum Gasteiger partial charge on any atom is 0.306 e. The van der Waals surface area contributed by atoms with E-state index in [0.717, 1.165) is 0 Å². The molecule has 0 amide bonds. The molecule has 2 rings (SSSR count). The van der Waals surface area contributed by atoms with Crippen LogP contribution in [-0.4, -0.2) is 29.1 Å². The van der Waals surface area contributed by atoms with Crippen LogP contribution in [0.2, 0.25) is 0 Å². The number of hydrogen-bond donors (Lipinski definition) is 1. The van der Waals surface area contributed by atoms with Crippen LogP contribution in [0, 0.1) is 5.92 Å². The fourth-order valence-electron chi connectivity index (χ4n) is 2.17. The second-order valence-electron chi connectivity index (χ2n) is 4.22. The number of carboxylic acids is 1. The Hall–Kier alpha value is -0.610. The molecule has 1 aliphatic carbocycles. The predicted molar refractivity (Wildman–Crippen MR) is 44.2 cm³/mol. The van der Waals surface area contributed by atoms with Gasteiger partial charge in [-0.15, -0.1) is 0 Å². The Bertz CT molecular complexity index is 220. The van der Waals surface area contributed by atoms with Gasteiger partial charge >= 0.3 is 5.97 Å². The summed E-state index contributed by atoms with van der Waals surface area (Å²) >= 11 is 0. The summed E-state index contributed by atoms with van der Waals surface area (Å²) in [5.74, 6) is -1.55. The van der Waals surface area contributed by atoms with Gasteiger partial charge in [-0.25, -0.2) is 0 Å². The van der Waals surface area contributed by atoms with E-state index in [9.17, 15) is 4.79 Å². The van der Waals surface area contributed by atoms with E-state index in [2.05, 4.69) is 0 Å². The first-order valence-corrected chi connectivity index (χ1v) is 4.56. The van der Waals surface area contributed by atoms with Crippen LogP contribution in [0.15, 0.2) is 0 Å². The Kier molecular flexibility index (Phi) is 1.85. The first-order valence-electron chi connectivity index (χ1n) is 4.56. The third-order valence-corrected chi connectivity index (χ3v) is 2.67. The van der Waals surface area contributed by atoms with Crippen LogP contribution in [0.25, 0.3) is 0 Å². The molecule has 1 aliphatic heterocycles. The van der Waals surface area contributed by atoms with E-state index in [1.807, 2.05) is 13.8 Å². The van der Waals surface area contributed by atoms with Crippen molar-refractivity contribution in [3.8, 4) is 0 Å². The fraction of sp³-hybridized carbons (Fsp3) is 0.889. The zero-order valence-corrected chi connectivity index (χ0v) is 7.82. The van der Waals surface area contributed by atoms with Crippen molar-refractivity contribution >= 4 is 5.97 Å². The van der Waals surface area contributed by atoms with E-state index >= 15 is 0 Å². The van der Waals surface area contributed by atoms with Gasteiger partial charge in [-0.05, 0) is 26.7 Å². The van der Waals surface area contributed by atoms with Crippen molar-refractivity contribution in [1.82, 2.24) is 0 Å². The highest BCUT2D eigenvalue weighted by Crippen LogP contribution is 2.40. The van der Waals surface area contributed by atoms with Gasteiger partial charge < -0.3 is 14.6 Å². The highest BCUT2D eigenvalue weighted by Gasteiger charge is 2.49. The lowest BCUT2D eigenvalue weighted by molar-refractivity contribution is -0.161. The molecule has 0 bridgehead atoms. The van der Waals surface area contributed by atoms with E-state index in [-0.39, 0.29) is 18.1 Å². The lowest BCUT2D eigenvalue weighted by atomic mass is 10.1. The first kappa shape index (κ1) is 8.97. The Morgan fingerprint density at radius 1 is 1.31 bits per heavy atom. The van der Waals surface area contributed by atoms with Crippen LogP contribution < -0.4 is 0 Å². The topological polar surface area (TPSA) is 55.8 Å². The predicted octanol–water partition coefficient (Wildman–Crippen LogP) is 1.00. The fourth-order valence-corrected chi connectivity index (χ4v) is 2.17. The molecule has 74 valence electrons. The third-order valence-electron chi connectivity index (χ3n) is 2.67. The Morgan fingerprint density at radius 3 is 2.15 bits per heavy atom. The van der Waals surface area contributed by atoms with Crippen LogP contribution in [0.5, 0.6) is 0 Å². The molecule has 0 aromatic heterocycles. The Morgan fingerprint density at radius 2 is 1.77 bits per heavy atom. The summed E-state index contributed by atoms with van der Waals surface area (Å²) in [5.41, 5.74) is 0. The molecule has 1 saturated carbocycles. The van der Waals surface area contributed by atoms with E-state index in [1.54, 1.807) is 0 Å². The Balaban J connectivity index is 2.01. The average molecular weight is 186 g/mol. The molecule has 1 heterocycles. The minimum atomic E-state index is -0.737. The molecule has 0 radical (unpaired) electrons. The maximum absolute atomic E-state index is 10.7. The summed E-state index contributed by atoms with van der Waals surface area (Å²) in [6.45, 7) is 3.72. The number of aliphatic carboxylic acids is 1. The number of rotatable bonds is 1. The molecule has 2 fully saturated rings. The normalized spacial score (nSPS) is 41.8. The lowest BCUT2D eigenvalue weighted by Gasteiger charge is -2.19. The van der Waals surface area contributed by atoms with Crippen LogP contribution in [0.3, 0.4) is 0 Å². The Labute approximate surface area is 76.8 Å². The molecular weight excluding hydrogens is 172 g/mol. The summed E-state index contributed by atoms with van der Waals surface area (Å²) in [5, 5.41) is 8.79. The molecule has 1 saturated heterocycles. The number of fused-ring (bicyclic) bond motifs is 1. The average Bonchev–Trinajstić information content (AvgIpc) is 2.39. The van der Waals surface area contributed by atoms with Crippen molar-refractivity contribution < 1.29 is 19.4 Å². The van der Waals surface area contributed by atoms with Crippen molar-refractivity contribution in [2.75, 3.05) is 0 Å². The quantitative estimate of drug-likeness (QED) is 0.663. The lowest BCUT2D eigenvalue weighted by Crippen LogP contribution is -2.24. The second-order valence-corrected chi connectivity index (χ2v) is 4.22. The molecule has 0 aromatic carbocycles. The second kappa shape index (κ2) is 2.69. The zero-order chi connectivity index (χ0) is 9.64. The monoisotopic (exact) mass is 186 g/mol. The van der Waals surface area contributed by atoms with Gasteiger partial charge in [0.1, 0.15) is 0 Å². The molecule has 3 atom stereocenters. The van der Waals surface area contributed by atoms with Crippen LogP contribution in [0.4, 0.5) is 0 Å². The van der Waals surface area contributed by atoms with Gasteiger partial charge in [-0.1, -0.05) is 0 Å². The minimum Gasteiger partial charge on any atom is -0.481 e. The van der Waals surface area contributed by atoms with Gasteiger partial charge in [0.15, 0.2) is 5.79 Å². The van der Waals surface area contributed by atoms with E-state index < -0.39 is 11.8 Å². The number of ether oxygens (including phenoxy) is 2. The van der Waals surface area contributed by atoms with Crippen molar-refractivity contribution in [2.24, 2.45) is 5.92 Å². The van der Waals surface area contributed by atoms with Crippen LogP contribution in [-0.2, 0) is 14.3 Å². The van der Waals surface area contributed by atoms with E-state index in [4.69, 9.17) is 14.6 Å². The van der Waals surface area contributed by atoms with Crippen molar-refractivity contribution in [1.29, 1.82) is 0 Å². The maximum atomic E-state index is 10.7. The highest BCUT2D eigenvalue weighted by atomic mass is 16.8. The number of hydrogen-bond acceptors (Lipinski definition) is 3. The van der Waals surface area contributed by atoms with Crippen LogP contribution in [0.1, 0.15) is 26.7 Å². The van der Waals surface area contributed by atoms with Gasteiger partial charge in [0.05, 0.1) is 18.1 Å². The summed E-state index contributed by atoms with van der Waals surface area (Å²) in [7, 11) is 0. The molecule has 0 aromatic rings. The summed E-state index contributed by atoms with van der Waals surface area (Å²) in [6.07, 6.45) is 1.14. The molecule has 1 N–H and O–H groups in total. The molecular formula is C9H14O4. The molecule has 0 unspecified atom stereocenters. The van der Waals surface area contributed by atoms with E-state index in [1.165, 1.54) is 0 Å². The van der Waals surface area contributed by atoms with E-state index in [0.29, 0.717) is 12.8 Å². The molecule has 4 heteroatoms. The highest BCUT2D eigenvalue weighted by molar-refractivity contribution is 5.70. The van der Waals surface area contributed by atoms with Crippen LogP contribution >= 0.6 is 0 Å². The molecule has 0 spiro atoms. The van der Waals surface area contributed by atoms with Gasteiger partial charge in [-0.3, -0.25) is 4.79 Å². The van der Waals surface area contributed by atoms with Gasteiger partial charge in [0.2, 0.25) is 0 Å². The summed E-state index contributed by atoms with van der Waals surface area (Å²) < 4.78 is 11.1. The minimum absolute atomic E-state index is 0.0175. The van der Waals surface area contributed by atoms with Crippen molar-refractivity contribution in [3.63, 3.8) is 0 Å². The smallest absolute Gasteiger partial charge is 0.306 e. The number of carboxylic acid groups (broad SMARTS) is 1.